The number of aromatic nitrogens is 2. The Morgan fingerprint density at radius 1 is 1.23 bits per heavy atom. The second-order valence-corrected chi connectivity index (χ2v) is 3.76. The van der Waals surface area contributed by atoms with Gasteiger partial charge in [-0.1, -0.05) is 0 Å². The van der Waals surface area contributed by atoms with E-state index < -0.39 is 10.1 Å². The number of hydrogen-bond acceptors (Lipinski definition) is 6. The number of rotatable bonds is 3. The van der Waals surface area contributed by atoms with Gasteiger partial charge in [0, 0.05) is 0 Å². The Morgan fingerprint density at radius 2 is 1.77 bits per heavy atom. The van der Waals surface area contributed by atoms with Gasteiger partial charge in [0.05, 0.1) is 25.8 Å². The highest BCUT2D eigenvalue weighted by Crippen LogP contribution is 2.09. The Morgan fingerprint density at radius 3 is 2.15 bits per heavy atom. The van der Waals surface area contributed by atoms with Gasteiger partial charge in [0.25, 0.3) is 5.88 Å². The standard InChI is InChI=1S/C6H8N2O4S/c1-11-5-3-8-6(4-7-5)12-13(2,9)10/h3-4H,1-2H3. The topological polar surface area (TPSA) is 78.4 Å². The van der Waals surface area contributed by atoms with Gasteiger partial charge < -0.3 is 8.92 Å². The second kappa shape index (κ2) is 3.56. The first-order valence-corrected chi connectivity index (χ1v) is 5.08. The SMILES string of the molecule is COc1cnc(OS(C)(=O)=O)cn1. The minimum Gasteiger partial charge on any atom is -0.480 e. The lowest BCUT2D eigenvalue weighted by atomic mass is 10.7. The Hall–Kier alpha value is -1.37. The summed E-state index contributed by atoms with van der Waals surface area (Å²) in [6.45, 7) is 0. The molecule has 7 heteroatoms. The van der Waals surface area contributed by atoms with E-state index in [2.05, 4.69) is 14.2 Å². The molecular formula is C6H8N2O4S. The van der Waals surface area contributed by atoms with E-state index in [0.29, 0.717) is 5.88 Å². The molecule has 0 bridgehead atoms. The lowest BCUT2D eigenvalue weighted by Gasteiger charge is -2.01. The van der Waals surface area contributed by atoms with Gasteiger partial charge in [-0.05, 0) is 0 Å². The van der Waals surface area contributed by atoms with Gasteiger partial charge in [-0.2, -0.15) is 8.42 Å². The molecule has 0 atom stereocenters. The lowest BCUT2D eigenvalue weighted by Crippen LogP contribution is -2.07. The number of hydrogen-bond donors (Lipinski definition) is 0. The number of ether oxygens (including phenoxy) is 1. The quantitative estimate of drug-likeness (QED) is 0.636. The molecule has 13 heavy (non-hydrogen) atoms. The zero-order valence-electron chi connectivity index (χ0n) is 7.09. The van der Waals surface area contributed by atoms with Crippen LogP contribution in [0.2, 0.25) is 0 Å². The van der Waals surface area contributed by atoms with Crippen LogP contribution in [0.15, 0.2) is 12.4 Å². The van der Waals surface area contributed by atoms with Gasteiger partial charge >= 0.3 is 10.1 Å². The van der Waals surface area contributed by atoms with E-state index in [9.17, 15) is 8.42 Å². The molecule has 1 heterocycles. The predicted octanol–water partition coefficient (Wildman–Crippen LogP) is -0.176. The fourth-order valence-corrected chi connectivity index (χ4v) is 1.00. The molecular weight excluding hydrogens is 196 g/mol. The first kappa shape index (κ1) is 9.72. The van der Waals surface area contributed by atoms with E-state index in [-0.39, 0.29) is 5.88 Å². The van der Waals surface area contributed by atoms with Crippen LogP contribution in [-0.2, 0) is 10.1 Å². The molecule has 0 radical (unpaired) electrons. The van der Waals surface area contributed by atoms with Gasteiger partial charge in [0.15, 0.2) is 0 Å². The summed E-state index contributed by atoms with van der Waals surface area (Å²) in [7, 11) is -2.11. The molecule has 0 saturated carbocycles. The third kappa shape index (κ3) is 3.24. The maximum atomic E-state index is 10.6. The fourth-order valence-electron chi connectivity index (χ4n) is 0.608. The largest absolute Gasteiger partial charge is 0.480 e. The highest BCUT2D eigenvalue weighted by molar-refractivity contribution is 7.86. The summed E-state index contributed by atoms with van der Waals surface area (Å²) < 4.78 is 30.4. The van der Waals surface area contributed by atoms with Crippen molar-refractivity contribution in [1.82, 2.24) is 9.97 Å². The van der Waals surface area contributed by atoms with Crippen LogP contribution in [0.25, 0.3) is 0 Å². The van der Waals surface area contributed by atoms with E-state index >= 15 is 0 Å². The molecule has 0 aromatic carbocycles. The first-order chi connectivity index (χ1) is 6.01. The Labute approximate surface area is 75.7 Å². The fraction of sp³-hybridized carbons (Fsp3) is 0.333. The van der Waals surface area contributed by atoms with Crippen molar-refractivity contribution in [3.8, 4) is 11.8 Å². The predicted molar refractivity (Wildman–Crippen MR) is 44.1 cm³/mol. The molecule has 0 amide bonds. The molecule has 0 aliphatic rings. The highest BCUT2D eigenvalue weighted by Gasteiger charge is 2.05. The van der Waals surface area contributed by atoms with Crippen molar-refractivity contribution in [3.63, 3.8) is 0 Å². The van der Waals surface area contributed by atoms with E-state index in [1.165, 1.54) is 19.5 Å². The third-order valence-electron chi connectivity index (χ3n) is 1.05. The van der Waals surface area contributed by atoms with Crippen molar-refractivity contribution >= 4 is 10.1 Å². The molecule has 0 aliphatic carbocycles. The average Bonchev–Trinajstić information content (AvgIpc) is 2.03. The zero-order valence-corrected chi connectivity index (χ0v) is 7.91. The maximum absolute atomic E-state index is 10.6. The minimum absolute atomic E-state index is 0.0803. The van der Waals surface area contributed by atoms with Crippen LogP contribution < -0.4 is 8.92 Å². The smallest absolute Gasteiger partial charge is 0.307 e. The third-order valence-corrected chi connectivity index (χ3v) is 1.52. The van der Waals surface area contributed by atoms with Crippen molar-refractivity contribution in [2.24, 2.45) is 0 Å². The van der Waals surface area contributed by atoms with Crippen LogP contribution in [-0.4, -0.2) is 31.8 Å². The Balaban J connectivity index is 2.81. The van der Waals surface area contributed by atoms with Crippen molar-refractivity contribution < 1.29 is 17.3 Å². The van der Waals surface area contributed by atoms with Crippen molar-refractivity contribution in [2.45, 2.75) is 0 Å². The van der Waals surface area contributed by atoms with Gasteiger partial charge in [0.1, 0.15) is 0 Å². The maximum Gasteiger partial charge on any atom is 0.307 e. The molecule has 0 spiro atoms. The van der Waals surface area contributed by atoms with Gasteiger partial charge in [-0.15, -0.1) is 0 Å². The molecule has 6 nitrogen and oxygen atoms in total. The van der Waals surface area contributed by atoms with Gasteiger partial charge in [-0.25, -0.2) is 9.97 Å². The van der Waals surface area contributed by atoms with Crippen LogP contribution in [0, 0.1) is 0 Å². The normalized spacial score (nSPS) is 10.9. The summed E-state index contributed by atoms with van der Waals surface area (Å²) in [5, 5.41) is 0. The molecule has 0 N–H and O–H groups in total. The summed E-state index contributed by atoms with van der Waals surface area (Å²) in [4.78, 5) is 7.35. The molecule has 0 aliphatic heterocycles. The van der Waals surface area contributed by atoms with Crippen molar-refractivity contribution in [2.75, 3.05) is 13.4 Å². The molecule has 1 aromatic heterocycles. The lowest BCUT2D eigenvalue weighted by molar-refractivity contribution is 0.392. The summed E-state index contributed by atoms with van der Waals surface area (Å²) in [5.74, 6) is 0.212. The summed E-state index contributed by atoms with van der Waals surface area (Å²) in [6, 6.07) is 0. The van der Waals surface area contributed by atoms with Crippen LogP contribution in [0.1, 0.15) is 0 Å². The summed E-state index contributed by atoms with van der Waals surface area (Å²) >= 11 is 0. The molecule has 1 aromatic rings. The molecule has 0 saturated heterocycles. The molecule has 0 unspecified atom stereocenters. The highest BCUT2D eigenvalue weighted by atomic mass is 32.2. The summed E-state index contributed by atoms with van der Waals surface area (Å²) in [5.41, 5.74) is 0. The number of nitrogens with zero attached hydrogens (tertiary/aromatic N) is 2. The minimum atomic E-state index is -3.54. The molecule has 72 valence electrons. The van der Waals surface area contributed by atoms with Gasteiger partial charge in [-0.3, -0.25) is 0 Å². The monoisotopic (exact) mass is 204 g/mol. The van der Waals surface area contributed by atoms with E-state index in [4.69, 9.17) is 4.74 Å². The number of methoxy groups -OCH3 is 1. The van der Waals surface area contributed by atoms with Crippen LogP contribution >= 0.6 is 0 Å². The molecule has 1 rings (SSSR count). The van der Waals surface area contributed by atoms with Crippen molar-refractivity contribution in [3.05, 3.63) is 12.4 Å². The van der Waals surface area contributed by atoms with E-state index in [1.807, 2.05) is 0 Å². The first-order valence-electron chi connectivity index (χ1n) is 3.27. The van der Waals surface area contributed by atoms with Crippen LogP contribution in [0.5, 0.6) is 11.8 Å². The second-order valence-electron chi connectivity index (χ2n) is 2.18. The van der Waals surface area contributed by atoms with Gasteiger partial charge in [0.2, 0.25) is 5.88 Å². The van der Waals surface area contributed by atoms with E-state index in [0.717, 1.165) is 6.26 Å². The van der Waals surface area contributed by atoms with E-state index in [1.54, 1.807) is 0 Å². The average molecular weight is 204 g/mol. The summed E-state index contributed by atoms with van der Waals surface area (Å²) in [6.07, 6.45) is 3.36. The van der Waals surface area contributed by atoms with Crippen LogP contribution in [0.3, 0.4) is 0 Å². The Bertz CT molecular complexity index is 372. The van der Waals surface area contributed by atoms with Crippen LogP contribution in [0.4, 0.5) is 0 Å². The van der Waals surface area contributed by atoms with Crippen molar-refractivity contribution in [1.29, 1.82) is 0 Å². The Kier molecular flexibility index (Phi) is 2.66. The zero-order chi connectivity index (χ0) is 9.90. The molecule has 0 fully saturated rings.